The first-order valence-corrected chi connectivity index (χ1v) is 8.03. The molecule has 0 spiro atoms. The molecule has 0 aliphatic carbocycles. The number of nitriles is 1. The molecule has 120 valence electrons. The highest BCUT2D eigenvalue weighted by Gasteiger charge is 2.12. The molecular formula is C15H11ClN6OS. The van der Waals surface area contributed by atoms with E-state index in [0.29, 0.717) is 26.8 Å². The SMILES string of the molecule is Cn1c(COc2ccc(Cl)cc2)nnc1Sc1ccc(C#N)nn1. The summed E-state index contributed by atoms with van der Waals surface area (Å²) < 4.78 is 7.49. The number of rotatable bonds is 5. The fourth-order valence-electron chi connectivity index (χ4n) is 1.77. The van der Waals surface area contributed by atoms with E-state index in [1.54, 1.807) is 36.4 Å². The number of hydrogen-bond donors (Lipinski definition) is 0. The standard InChI is InChI=1S/C15H11ClN6OS/c1-22-13(9-23-12-5-2-10(16)3-6-12)19-21-15(22)24-14-7-4-11(8-17)18-20-14/h2-7H,9H2,1H3. The Bertz CT molecular complexity index is 872. The number of ether oxygens (including phenoxy) is 1. The number of hydrogen-bond acceptors (Lipinski definition) is 7. The first-order valence-electron chi connectivity index (χ1n) is 6.84. The molecule has 0 aliphatic heterocycles. The summed E-state index contributed by atoms with van der Waals surface area (Å²) in [5.41, 5.74) is 0.273. The Hall–Kier alpha value is -2.63. The predicted octanol–water partition coefficient (Wildman–Crippen LogP) is 2.86. The van der Waals surface area contributed by atoms with Crippen molar-refractivity contribution in [1.29, 1.82) is 5.26 Å². The van der Waals surface area contributed by atoms with Gasteiger partial charge in [-0.1, -0.05) is 11.6 Å². The highest BCUT2D eigenvalue weighted by Crippen LogP contribution is 2.24. The van der Waals surface area contributed by atoms with E-state index in [1.807, 2.05) is 17.7 Å². The van der Waals surface area contributed by atoms with Gasteiger partial charge in [0.2, 0.25) is 0 Å². The number of aromatic nitrogens is 5. The average Bonchev–Trinajstić information content (AvgIpc) is 2.95. The van der Waals surface area contributed by atoms with Crippen molar-refractivity contribution in [2.75, 3.05) is 0 Å². The second kappa shape index (κ2) is 7.29. The van der Waals surface area contributed by atoms with Crippen LogP contribution in [0.3, 0.4) is 0 Å². The Morgan fingerprint density at radius 2 is 1.92 bits per heavy atom. The summed E-state index contributed by atoms with van der Waals surface area (Å²) in [5, 5.41) is 26.7. The molecule has 0 fully saturated rings. The number of benzene rings is 1. The van der Waals surface area contributed by atoms with E-state index in [4.69, 9.17) is 21.6 Å². The zero-order valence-corrected chi connectivity index (χ0v) is 14.1. The van der Waals surface area contributed by atoms with Gasteiger partial charge in [-0.25, -0.2) is 0 Å². The molecular weight excluding hydrogens is 348 g/mol. The van der Waals surface area contributed by atoms with Crippen LogP contribution < -0.4 is 4.74 Å². The van der Waals surface area contributed by atoms with Crippen LogP contribution in [-0.4, -0.2) is 25.0 Å². The van der Waals surface area contributed by atoms with Crippen LogP contribution in [0, 0.1) is 11.3 Å². The van der Waals surface area contributed by atoms with Gasteiger partial charge in [0.05, 0.1) is 0 Å². The summed E-state index contributed by atoms with van der Waals surface area (Å²) in [6.45, 7) is 0.282. The lowest BCUT2D eigenvalue weighted by Crippen LogP contribution is -2.04. The molecule has 0 aliphatic rings. The van der Waals surface area contributed by atoms with Crippen molar-refractivity contribution in [3.8, 4) is 11.8 Å². The summed E-state index contributed by atoms with van der Waals surface area (Å²) in [7, 11) is 1.85. The van der Waals surface area contributed by atoms with Crippen LogP contribution >= 0.6 is 23.4 Å². The lowest BCUT2D eigenvalue weighted by atomic mass is 10.3. The van der Waals surface area contributed by atoms with E-state index in [2.05, 4.69) is 20.4 Å². The van der Waals surface area contributed by atoms with Crippen molar-refractivity contribution < 1.29 is 4.74 Å². The molecule has 0 radical (unpaired) electrons. The Morgan fingerprint density at radius 1 is 1.12 bits per heavy atom. The Morgan fingerprint density at radius 3 is 2.58 bits per heavy atom. The van der Waals surface area contributed by atoms with E-state index < -0.39 is 0 Å². The molecule has 24 heavy (non-hydrogen) atoms. The third kappa shape index (κ3) is 3.82. The van der Waals surface area contributed by atoms with Crippen LogP contribution in [-0.2, 0) is 13.7 Å². The van der Waals surface area contributed by atoms with E-state index in [0.717, 1.165) is 0 Å². The van der Waals surface area contributed by atoms with Gasteiger partial charge in [0.15, 0.2) is 16.7 Å². The summed E-state index contributed by atoms with van der Waals surface area (Å²) in [5.74, 6) is 1.38. The second-order valence-electron chi connectivity index (χ2n) is 4.67. The summed E-state index contributed by atoms with van der Waals surface area (Å²) in [4.78, 5) is 0. The summed E-state index contributed by atoms with van der Waals surface area (Å²) >= 11 is 7.15. The van der Waals surface area contributed by atoms with Gasteiger partial charge in [0.25, 0.3) is 0 Å². The van der Waals surface area contributed by atoms with Crippen molar-refractivity contribution >= 4 is 23.4 Å². The maximum absolute atomic E-state index is 8.73. The van der Waals surface area contributed by atoms with Crippen LogP contribution in [0.1, 0.15) is 11.5 Å². The average molecular weight is 359 g/mol. The highest BCUT2D eigenvalue weighted by atomic mass is 35.5. The molecule has 0 N–H and O–H groups in total. The van der Waals surface area contributed by atoms with Crippen molar-refractivity contribution in [2.24, 2.45) is 7.05 Å². The van der Waals surface area contributed by atoms with E-state index in [9.17, 15) is 0 Å². The Kier molecular flexibility index (Phi) is 4.93. The minimum atomic E-state index is 0.273. The molecule has 0 saturated carbocycles. The van der Waals surface area contributed by atoms with Gasteiger partial charge < -0.3 is 9.30 Å². The molecule has 1 aromatic carbocycles. The summed E-state index contributed by atoms with van der Waals surface area (Å²) in [6, 6.07) is 12.4. The van der Waals surface area contributed by atoms with Crippen LogP contribution in [0.4, 0.5) is 0 Å². The fourth-order valence-corrected chi connectivity index (χ4v) is 2.62. The lowest BCUT2D eigenvalue weighted by Gasteiger charge is -2.06. The summed E-state index contributed by atoms with van der Waals surface area (Å²) in [6.07, 6.45) is 0. The molecule has 0 unspecified atom stereocenters. The monoisotopic (exact) mass is 358 g/mol. The molecule has 2 heterocycles. The predicted molar refractivity (Wildman–Crippen MR) is 87.7 cm³/mol. The van der Waals surface area contributed by atoms with Crippen LogP contribution in [0.15, 0.2) is 46.6 Å². The van der Waals surface area contributed by atoms with Gasteiger partial charge in [-0.05, 0) is 48.2 Å². The second-order valence-corrected chi connectivity index (χ2v) is 6.10. The molecule has 0 amide bonds. The van der Waals surface area contributed by atoms with Crippen molar-refractivity contribution in [1.82, 2.24) is 25.0 Å². The molecule has 9 heteroatoms. The number of nitrogens with zero attached hydrogens (tertiary/aromatic N) is 6. The third-order valence-corrected chi connectivity index (χ3v) is 4.27. The van der Waals surface area contributed by atoms with Crippen LogP contribution in [0.2, 0.25) is 5.02 Å². The van der Waals surface area contributed by atoms with Crippen LogP contribution in [0.5, 0.6) is 5.75 Å². The van der Waals surface area contributed by atoms with Crippen molar-refractivity contribution in [2.45, 2.75) is 16.8 Å². The molecule has 3 rings (SSSR count). The Balaban J connectivity index is 1.66. The van der Waals surface area contributed by atoms with E-state index >= 15 is 0 Å². The smallest absolute Gasteiger partial charge is 0.197 e. The highest BCUT2D eigenvalue weighted by molar-refractivity contribution is 7.99. The zero-order chi connectivity index (χ0) is 16.9. The lowest BCUT2D eigenvalue weighted by molar-refractivity contribution is 0.290. The maximum atomic E-state index is 8.73. The van der Waals surface area contributed by atoms with Crippen molar-refractivity contribution in [3.63, 3.8) is 0 Å². The van der Waals surface area contributed by atoms with Crippen LogP contribution in [0.25, 0.3) is 0 Å². The van der Waals surface area contributed by atoms with Gasteiger partial charge in [0, 0.05) is 12.1 Å². The molecule has 3 aromatic rings. The number of halogens is 1. The van der Waals surface area contributed by atoms with E-state index in [-0.39, 0.29) is 12.3 Å². The minimum Gasteiger partial charge on any atom is -0.486 e. The normalized spacial score (nSPS) is 10.4. The first-order chi connectivity index (χ1) is 11.7. The van der Waals surface area contributed by atoms with Gasteiger partial charge in [-0.15, -0.1) is 20.4 Å². The topological polar surface area (TPSA) is 89.5 Å². The molecule has 0 bridgehead atoms. The van der Waals surface area contributed by atoms with Gasteiger partial charge >= 0.3 is 0 Å². The van der Waals surface area contributed by atoms with E-state index in [1.165, 1.54) is 11.8 Å². The maximum Gasteiger partial charge on any atom is 0.197 e. The minimum absolute atomic E-state index is 0.273. The Labute approximate surface area is 147 Å². The van der Waals surface area contributed by atoms with Gasteiger partial charge in [-0.2, -0.15) is 5.26 Å². The quantitative estimate of drug-likeness (QED) is 0.692. The molecule has 0 atom stereocenters. The largest absolute Gasteiger partial charge is 0.486 e. The van der Waals surface area contributed by atoms with Gasteiger partial charge in [-0.3, -0.25) is 0 Å². The molecule has 2 aromatic heterocycles. The third-order valence-electron chi connectivity index (χ3n) is 3.06. The van der Waals surface area contributed by atoms with Crippen molar-refractivity contribution in [3.05, 3.63) is 52.9 Å². The zero-order valence-electron chi connectivity index (χ0n) is 12.5. The molecule has 0 saturated heterocycles. The first kappa shape index (κ1) is 16.2. The van der Waals surface area contributed by atoms with Gasteiger partial charge in [0.1, 0.15) is 23.5 Å². The molecule has 7 nitrogen and oxygen atoms in total. The fraction of sp³-hybridized carbons (Fsp3) is 0.133.